The molecule has 0 heterocycles. The minimum atomic E-state index is 1.08. The van der Waals surface area contributed by atoms with E-state index in [0.717, 1.165) is 13.1 Å². The molecule has 1 aromatic carbocycles. The molecule has 1 nitrogen and oxygen atoms in total. The summed E-state index contributed by atoms with van der Waals surface area (Å²) in [6, 6.07) is 8.70. The molecule has 0 aromatic heterocycles. The number of rotatable bonds is 6. The first kappa shape index (κ1) is 11.6. The summed E-state index contributed by atoms with van der Waals surface area (Å²) in [5, 5.41) is 3.33. The Bertz CT molecular complexity index is 260. The van der Waals surface area contributed by atoms with E-state index in [1.54, 1.807) is 0 Å². The van der Waals surface area contributed by atoms with Gasteiger partial charge in [-0.05, 0) is 44.3 Å². The van der Waals surface area contributed by atoms with Crippen LogP contribution in [0, 0.1) is 6.92 Å². The van der Waals surface area contributed by atoms with Gasteiger partial charge in [0.2, 0.25) is 0 Å². The number of nitrogens with one attached hydrogen (secondary N) is 1. The second-order valence-corrected chi connectivity index (χ2v) is 4.54. The third-order valence-corrected chi connectivity index (χ3v) is 3.09. The van der Waals surface area contributed by atoms with Gasteiger partial charge in [0.1, 0.15) is 0 Å². The maximum atomic E-state index is 3.33. The quantitative estimate of drug-likeness (QED) is 0.571. The third kappa shape index (κ3) is 4.68. The minimum Gasteiger partial charge on any atom is -0.317 e. The molecule has 0 spiro atoms. The molecule has 2 heteroatoms. The van der Waals surface area contributed by atoms with Crippen molar-refractivity contribution >= 4 is 11.8 Å². The third-order valence-electron chi connectivity index (χ3n) is 2.01. The zero-order chi connectivity index (χ0) is 10.2. The standard InChI is InChI=1S/C12H19NS/c1-3-13-8-5-9-14-12-7-4-6-11(2)10-12/h4,6-7,10,13H,3,5,8-9H2,1-2H3. The fourth-order valence-electron chi connectivity index (χ4n) is 1.27. The Morgan fingerprint density at radius 1 is 1.36 bits per heavy atom. The molecule has 78 valence electrons. The van der Waals surface area contributed by atoms with Crippen molar-refractivity contribution in [3.8, 4) is 0 Å². The van der Waals surface area contributed by atoms with Gasteiger partial charge >= 0.3 is 0 Å². The van der Waals surface area contributed by atoms with Crippen molar-refractivity contribution in [2.45, 2.75) is 25.2 Å². The van der Waals surface area contributed by atoms with Gasteiger partial charge in [0.05, 0.1) is 0 Å². The van der Waals surface area contributed by atoms with Crippen molar-refractivity contribution in [3.05, 3.63) is 29.8 Å². The number of hydrogen-bond acceptors (Lipinski definition) is 2. The Balaban J connectivity index is 2.18. The lowest BCUT2D eigenvalue weighted by atomic mass is 10.2. The van der Waals surface area contributed by atoms with E-state index in [-0.39, 0.29) is 0 Å². The molecule has 0 amide bonds. The molecular weight excluding hydrogens is 190 g/mol. The zero-order valence-corrected chi connectivity index (χ0v) is 9.86. The molecule has 1 aromatic rings. The van der Waals surface area contributed by atoms with Crippen LogP contribution >= 0.6 is 11.8 Å². The van der Waals surface area contributed by atoms with Crippen molar-refractivity contribution in [1.29, 1.82) is 0 Å². The van der Waals surface area contributed by atoms with E-state index in [0.29, 0.717) is 0 Å². The minimum absolute atomic E-state index is 1.08. The van der Waals surface area contributed by atoms with E-state index in [9.17, 15) is 0 Å². The van der Waals surface area contributed by atoms with E-state index in [1.807, 2.05) is 11.8 Å². The van der Waals surface area contributed by atoms with Gasteiger partial charge < -0.3 is 5.32 Å². The second-order valence-electron chi connectivity index (χ2n) is 3.37. The molecule has 0 fully saturated rings. The summed E-state index contributed by atoms with van der Waals surface area (Å²) < 4.78 is 0. The average Bonchev–Trinajstić information content (AvgIpc) is 2.18. The lowest BCUT2D eigenvalue weighted by Crippen LogP contribution is -2.14. The average molecular weight is 209 g/mol. The van der Waals surface area contributed by atoms with E-state index >= 15 is 0 Å². The molecule has 1 rings (SSSR count). The summed E-state index contributed by atoms with van der Waals surface area (Å²) in [5.74, 6) is 1.20. The predicted molar refractivity (Wildman–Crippen MR) is 65.1 cm³/mol. The Kier molecular flexibility index (Phi) is 5.72. The van der Waals surface area contributed by atoms with Crippen LogP contribution in [0.1, 0.15) is 18.9 Å². The number of aryl methyl sites for hydroxylation is 1. The molecule has 0 atom stereocenters. The van der Waals surface area contributed by atoms with Gasteiger partial charge in [0.25, 0.3) is 0 Å². The van der Waals surface area contributed by atoms with E-state index in [1.165, 1.54) is 22.6 Å². The summed E-state index contributed by atoms with van der Waals surface area (Å²) in [4.78, 5) is 1.39. The van der Waals surface area contributed by atoms with Crippen molar-refractivity contribution in [1.82, 2.24) is 5.32 Å². The first-order chi connectivity index (χ1) is 6.83. The normalized spacial score (nSPS) is 10.4. The summed E-state index contributed by atoms with van der Waals surface area (Å²) in [6.45, 7) is 6.50. The van der Waals surface area contributed by atoms with E-state index in [2.05, 4.69) is 43.4 Å². The highest BCUT2D eigenvalue weighted by molar-refractivity contribution is 7.99. The molecular formula is C12H19NS. The molecule has 1 N–H and O–H groups in total. The number of benzene rings is 1. The van der Waals surface area contributed by atoms with Crippen LogP contribution in [0.2, 0.25) is 0 Å². The van der Waals surface area contributed by atoms with Crippen molar-refractivity contribution in [2.75, 3.05) is 18.8 Å². The fourth-order valence-corrected chi connectivity index (χ4v) is 2.24. The van der Waals surface area contributed by atoms with E-state index in [4.69, 9.17) is 0 Å². The Hall–Kier alpha value is -0.470. The monoisotopic (exact) mass is 209 g/mol. The molecule has 14 heavy (non-hydrogen) atoms. The van der Waals surface area contributed by atoms with Gasteiger partial charge in [-0.1, -0.05) is 24.6 Å². The number of thioether (sulfide) groups is 1. The first-order valence-corrected chi connectivity index (χ1v) is 6.21. The van der Waals surface area contributed by atoms with Gasteiger partial charge in [0, 0.05) is 4.90 Å². The largest absolute Gasteiger partial charge is 0.317 e. The van der Waals surface area contributed by atoms with Crippen LogP contribution in [-0.4, -0.2) is 18.8 Å². The summed E-state index contributed by atoms with van der Waals surface area (Å²) in [7, 11) is 0. The molecule has 0 bridgehead atoms. The van der Waals surface area contributed by atoms with Gasteiger partial charge in [-0.3, -0.25) is 0 Å². The summed E-state index contributed by atoms with van der Waals surface area (Å²) in [6.07, 6.45) is 1.24. The highest BCUT2D eigenvalue weighted by Gasteiger charge is 1.93. The lowest BCUT2D eigenvalue weighted by molar-refractivity contribution is 0.707. The first-order valence-electron chi connectivity index (χ1n) is 5.23. The van der Waals surface area contributed by atoms with Crippen molar-refractivity contribution < 1.29 is 0 Å². The van der Waals surface area contributed by atoms with Crippen LogP contribution in [0.5, 0.6) is 0 Å². The topological polar surface area (TPSA) is 12.0 Å². The maximum absolute atomic E-state index is 3.33. The lowest BCUT2D eigenvalue weighted by Gasteiger charge is -2.03. The van der Waals surface area contributed by atoms with Gasteiger partial charge in [0.15, 0.2) is 0 Å². The van der Waals surface area contributed by atoms with Crippen LogP contribution in [0.25, 0.3) is 0 Å². The molecule has 0 radical (unpaired) electrons. The van der Waals surface area contributed by atoms with Gasteiger partial charge in [-0.2, -0.15) is 0 Å². The highest BCUT2D eigenvalue weighted by Crippen LogP contribution is 2.19. The molecule has 0 saturated heterocycles. The summed E-state index contributed by atoms with van der Waals surface area (Å²) >= 11 is 1.95. The predicted octanol–water partition coefficient (Wildman–Crippen LogP) is 3.09. The molecule has 0 saturated carbocycles. The highest BCUT2D eigenvalue weighted by atomic mass is 32.2. The molecule has 0 aliphatic carbocycles. The van der Waals surface area contributed by atoms with Crippen LogP contribution in [0.15, 0.2) is 29.2 Å². The Morgan fingerprint density at radius 2 is 2.21 bits per heavy atom. The second kappa shape index (κ2) is 6.91. The van der Waals surface area contributed by atoms with Crippen LogP contribution in [0.4, 0.5) is 0 Å². The van der Waals surface area contributed by atoms with Crippen molar-refractivity contribution in [3.63, 3.8) is 0 Å². The number of hydrogen-bond donors (Lipinski definition) is 1. The fraction of sp³-hybridized carbons (Fsp3) is 0.500. The Morgan fingerprint density at radius 3 is 2.93 bits per heavy atom. The van der Waals surface area contributed by atoms with Crippen LogP contribution in [0.3, 0.4) is 0 Å². The smallest absolute Gasteiger partial charge is 0.00745 e. The van der Waals surface area contributed by atoms with Crippen LogP contribution < -0.4 is 5.32 Å². The van der Waals surface area contributed by atoms with E-state index < -0.39 is 0 Å². The van der Waals surface area contributed by atoms with Gasteiger partial charge in [-0.15, -0.1) is 11.8 Å². The van der Waals surface area contributed by atoms with Crippen molar-refractivity contribution in [2.24, 2.45) is 0 Å². The molecule has 0 aliphatic heterocycles. The SMILES string of the molecule is CCNCCCSc1cccc(C)c1. The zero-order valence-electron chi connectivity index (χ0n) is 9.05. The molecule has 0 aliphatic rings. The summed E-state index contributed by atoms with van der Waals surface area (Å²) in [5.41, 5.74) is 1.35. The van der Waals surface area contributed by atoms with Gasteiger partial charge in [-0.25, -0.2) is 0 Å². The maximum Gasteiger partial charge on any atom is 0.00745 e. The Labute approximate surface area is 91.3 Å². The van der Waals surface area contributed by atoms with Crippen LogP contribution in [-0.2, 0) is 0 Å². The molecule has 0 unspecified atom stereocenters.